The minimum Gasteiger partial charge on any atom is -0.497 e. The van der Waals surface area contributed by atoms with E-state index in [0.717, 1.165) is 21.3 Å². The molecule has 8 heteroatoms. The Hall–Kier alpha value is -2.84. The molecule has 0 unspecified atom stereocenters. The molecular weight excluding hydrogens is 406 g/mol. The maximum Gasteiger partial charge on any atom is 0.234 e. The molecule has 150 valence electrons. The zero-order valence-corrected chi connectivity index (χ0v) is 17.7. The zero-order chi connectivity index (χ0) is 20.6. The summed E-state index contributed by atoms with van der Waals surface area (Å²) in [5.41, 5.74) is 3.31. The molecule has 3 rings (SSSR count). The van der Waals surface area contributed by atoms with Crippen molar-refractivity contribution in [1.29, 1.82) is 0 Å². The van der Waals surface area contributed by atoms with E-state index in [4.69, 9.17) is 4.74 Å². The Morgan fingerprint density at radius 2 is 1.62 bits per heavy atom. The van der Waals surface area contributed by atoms with Gasteiger partial charge in [-0.15, -0.1) is 11.3 Å². The number of carbonyl (C=O) groups is 2. The minimum absolute atomic E-state index is 0.117. The van der Waals surface area contributed by atoms with E-state index in [-0.39, 0.29) is 24.0 Å². The third kappa shape index (κ3) is 6.62. The summed E-state index contributed by atoms with van der Waals surface area (Å²) < 4.78 is 5.85. The fraction of sp³-hybridized carbons (Fsp3) is 0.190. The number of carbonyl (C=O) groups excluding carboxylic acids is 2. The standard InChI is InChI=1S/C21H21N3O3S2/c1-14-3-5-15(6-4-14)22-19(25)11-17-12-28-21(24-17)29-13-20(26)23-16-7-9-18(27-2)10-8-16/h3-10,12H,11,13H2,1-2H3,(H,22,25)(H,23,26). The van der Waals surface area contributed by atoms with Gasteiger partial charge in [0, 0.05) is 16.8 Å². The molecule has 0 aliphatic rings. The molecule has 0 saturated carbocycles. The summed E-state index contributed by atoms with van der Waals surface area (Å²) in [5, 5.41) is 7.54. The average molecular weight is 428 g/mol. The molecule has 0 bridgehead atoms. The highest BCUT2D eigenvalue weighted by Crippen LogP contribution is 2.23. The predicted octanol–water partition coefficient (Wildman–Crippen LogP) is 4.37. The monoisotopic (exact) mass is 427 g/mol. The number of hydrogen-bond acceptors (Lipinski definition) is 6. The number of anilines is 2. The lowest BCUT2D eigenvalue weighted by Gasteiger charge is -2.05. The van der Waals surface area contributed by atoms with Crippen molar-refractivity contribution in [1.82, 2.24) is 4.98 Å². The highest BCUT2D eigenvalue weighted by molar-refractivity contribution is 8.01. The number of benzene rings is 2. The average Bonchev–Trinajstić information content (AvgIpc) is 3.16. The van der Waals surface area contributed by atoms with Gasteiger partial charge in [0.2, 0.25) is 11.8 Å². The first-order valence-electron chi connectivity index (χ1n) is 8.89. The molecule has 1 aromatic heterocycles. The Morgan fingerprint density at radius 3 is 2.28 bits per heavy atom. The van der Waals surface area contributed by atoms with E-state index < -0.39 is 0 Å². The van der Waals surface area contributed by atoms with Crippen LogP contribution in [0.3, 0.4) is 0 Å². The van der Waals surface area contributed by atoms with Crippen molar-refractivity contribution in [2.24, 2.45) is 0 Å². The van der Waals surface area contributed by atoms with Crippen LogP contribution in [0.4, 0.5) is 11.4 Å². The summed E-state index contributed by atoms with van der Waals surface area (Å²) in [7, 11) is 1.60. The number of thiazole rings is 1. The number of thioether (sulfide) groups is 1. The number of aryl methyl sites for hydroxylation is 1. The molecule has 0 aliphatic heterocycles. The summed E-state index contributed by atoms with van der Waals surface area (Å²) in [6, 6.07) is 14.8. The van der Waals surface area contributed by atoms with Crippen molar-refractivity contribution < 1.29 is 14.3 Å². The van der Waals surface area contributed by atoms with Gasteiger partial charge in [-0.3, -0.25) is 9.59 Å². The second-order valence-electron chi connectivity index (χ2n) is 6.26. The predicted molar refractivity (Wildman–Crippen MR) is 118 cm³/mol. The lowest BCUT2D eigenvalue weighted by Crippen LogP contribution is -2.14. The van der Waals surface area contributed by atoms with Crippen molar-refractivity contribution in [3.8, 4) is 5.75 Å². The van der Waals surface area contributed by atoms with Crippen LogP contribution in [-0.2, 0) is 16.0 Å². The molecule has 3 aromatic rings. The Balaban J connectivity index is 1.44. The smallest absolute Gasteiger partial charge is 0.234 e. The van der Waals surface area contributed by atoms with Crippen LogP contribution in [0.2, 0.25) is 0 Å². The molecule has 0 saturated heterocycles. The van der Waals surface area contributed by atoms with Gasteiger partial charge < -0.3 is 15.4 Å². The fourth-order valence-corrected chi connectivity index (χ4v) is 4.09. The van der Waals surface area contributed by atoms with Crippen LogP contribution >= 0.6 is 23.1 Å². The molecule has 29 heavy (non-hydrogen) atoms. The second kappa shape index (κ2) is 10.1. The molecule has 2 amide bonds. The summed E-state index contributed by atoms with van der Waals surface area (Å²) in [4.78, 5) is 28.7. The molecular formula is C21H21N3O3S2. The number of rotatable bonds is 8. The Labute approximate surface area is 177 Å². The van der Waals surface area contributed by atoms with Crippen molar-refractivity contribution in [3.63, 3.8) is 0 Å². The third-order valence-electron chi connectivity index (χ3n) is 3.91. The summed E-state index contributed by atoms with van der Waals surface area (Å²) in [6.45, 7) is 2.00. The summed E-state index contributed by atoms with van der Waals surface area (Å²) in [5.74, 6) is 0.746. The number of hydrogen-bond donors (Lipinski definition) is 2. The zero-order valence-electron chi connectivity index (χ0n) is 16.1. The van der Waals surface area contributed by atoms with Crippen LogP contribution in [0.15, 0.2) is 58.3 Å². The van der Waals surface area contributed by atoms with E-state index in [1.54, 1.807) is 31.4 Å². The van der Waals surface area contributed by atoms with Crippen LogP contribution in [0.5, 0.6) is 5.75 Å². The molecule has 0 fully saturated rings. The van der Waals surface area contributed by atoms with Crippen molar-refractivity contribution in [3.05, 3.63) is 65.2 Å². The number of methoxy groups -OCH3 is 1. The van der Waals surface area contributed by atoms with E-state index >= 15 is 0 Å². The van der Waals surface area contributed by atoms with E-state index in [1.807, 2.05) is 36.6 Å². The topological polar surface area (TPSA) is 80.3 Å². The molecule has 0 spiro atoms. The van der Waals surface area contributed by atoms with Crippen molar-refractivity contribution in [2.75, 3.05) is 23.5 Å². The number of nitrogens with zero attached hydrogens (tertiary/aromatic N) is 1. The van der Waals surface area contributed by atoms with Gasteiger partial charge in [0.15, 0.2) is 4.34 Å². The molecule has 0 aliphatic carbocycles. The van der Waals surface area contributed by atoms with E-state index in [9.17, 15) is 9.59 Å². The van der Waals surface area contributed by atoms with Crippen LogP contribution in [0.1, 0.15) is 11.3 Å². The van der Waals surface area contributed by atoms with Gasteiger partial charge in [-0.1, -0.05) is 29.5 Å². The molecule has 6 nitrogen and oxygen atoms in total. The van der Waals surface area contributed by atoms with E-state index in [0.29, 0.717) is 11.4 Å². The molecule has 0 atom stereocenters. The van der Waals surface area contributed by atoms with Gasteiger partial charge in [-0.2, -0.15) is 0 Å². The summed E-state index contributed by atoms with van der Waals surface area (Å²) in [6.07, 6.45) is 0.197. The quantitative estimate of drug-likeness (QED) is 0.522. The maximum atomic E-state index is 12.2. The molecule has 1 heterocycles. The van der Waals surface area contributed by atoms with Gasteiger partial charge in [0.05, 0.1) is 25.0 Å². The highest BCUT2D eigenvalue weighted by atomic mass is 32.2. The molecule has 2 N–H and O–H groups in total. The van der Waals surface area contributed by atoms with Gasteiger partial charge >= 0.3 is 0 Å². The first kappa shape index (κ1) is 20.9. The number of nitrogens with one attached hydrogen (secondary N) is 2. The first-order valence-corrected chi connectivity index (χ1v) is 10.8. The van der Waals surface area contributed by atoms with Crippen LogP contribution in [0.25, 0.3) is 0 Å². The Morgan fingerprint density at radius 1 is 1.00 bits per heavy atom. The van der Waals surface area contributed by atoms with Crippen LogP contribution in [-0.4, -0.2) is 29.7 Å². The molecule has 2 aromatic carbocycles. The normalized spacial score (nSPS) is 10.4. The number of ether oxygens (including phenoxy) is 1. The van der Waals surface area contributed by atoms with Crippen LogP contribution < -0.4 is 15.4 Å². The number of amides is 2. The van der Waals surface area contributed by atoms with Crippen molar-refractivity contribution in [2.45, 2.75) is 17.7 Å². The fourth-order valence-electron chi connectivity index (χ4n) is 2.44. The van der Waals surface area contributed by atoms with Crippen molar-refractivity contribution >= 4 is 46.3 Å². The third-order valence-corrected chi connectivity index (χ3v) is 5.98. The lowest BCUT2D eigenvalue weighted by atomic mass is 10.2. The van der Waals surface area contributed by atoms with Gasteiger partial charge in [0.1, 0.15) is 5.75 Å². The van der Waals surface area contributed by atoms with Gasteiger partial charge in [-0.25, -0.2) is 4.98 Å². The first-order chi connectivity index (χ1) is 14.0. The molecule has 0 radical (unpaired) electrons. The minimum atomic E-state index is -0.118. The second-order valence-corrected chi connectivity index (χ2v) is 8.34. The van der Waals surface area contributed by atoms with E-state index in [1.165, 1.54) is 23.1 Å². The van der Waals surface area contributed by atoms with Crippen LogP contribution in [0, 0.1) is 6.92 Å². The lowest BCUT2D eigenvalue weighted by molar-refractivity contribution is -0.116. The Kier molecular flexibility index (Phi) is 7.26. The van der Waals surface area contributed by atoms with Gasteiger partial charge in [-0.05, 0) is 43.3 Å². The number of aromatic nitrogens is 1. The largest absolute Gasteiger partial charge is 0.497 e. The van der Waals surface area contributed by atoms with E-state index in [2.05, 4.69) is 15.6 Å². The SMILES string of the molecule is COc1ccc(NC(=O)CSc2nc(CC(=O)Nc3ccc(C)cc3)cs2)cc1. The Bertz CT molecular complexity index is 970. The highest BCUT2D eigenvalue weighted by Gasteiger charge is 2.10. The summed E-state index contributed by atoms with van der Waals surface area (Å²) >= 11 is 2.78. The van der Waals surface area contributed by atoms with Gasteiger partial charge in [0.25, 0.3) is 0 Å². The maximum absolute atomic E-state index is 12.2.